The second-order valence-electron chi connectivity index (χ2n) is 3.42. The van der Waals surface area contributed by atoms with Crippen LogP contribution in [0, 0.1) is 0 Å². The molecule has 15 heavy (non-hydrogen) atoms. The van der Waals surface area contributed by atoms with Crippen LogP contribution in [0.25, 0.3) is 0 Å². The molecule has 82 valence electrons. The fourth-order valence-corrected chi connectivity index (χ4v) is 1.74. The molecule has 1 aromatic carbocycles. The van der Waals surface area contributed by atoms with Crippen LogP contribution in [0.2, 0.25) is 0 Å². The number of benzene rings is 1. The average molecular weight is 228 g/mol. The van der Waals surface area contributed by atoms with Crippen LogP contribution in [0.4, 0.5) is 0 Å². The van der Waals surface area contributed by atoms with Gasteiger partial charge in [0.1, 0.15) is 0 Å². The summed E-state index contributed by atoms with van der Waals surface area (Å²) in [6.45, 7) is 0.771. The highest BCUT2D eigenvalue weighted by atomic mass is 35.5. The molecule has 0 amide bonds. The van der Waals surface area contributed by atoms with Gasteiger partial charge in [0.2, 0.25) is 0 Å². The van der Waals surface area contributed by atoms with Crippen molar-refractivity contribution in [2.45, 2.75) is 19.6 Å². The topological polar surface area (TPSA) is 52.8 Å². The van der Waals surface area contributed by atoms with Crippen LogP contribution in [0.5, 0.6) is 0 Å². The normalized spacial score (nSPS) is 13.2. The lowest BCUT2D eigenvalue weighted by atomic mass is 9.96. The lowest BCUT2D eigenvalue weighted by Gasteiger charge is -2.14. The fourth-order valence-electron chi connectivity index (χ4n) is 1.74. The minimum Gasteiger partial charge on any atom is -0.392 e. The van der Waals surface area contributed by atoms with Crippen molar-refractivity contribution in [3.63, 3.8) is 0 Å². The van der Waals surface area contributed by atoms with Crippen molar-refractivity contribution in [3.05, 3.63) is 34.4 Å². The number of aliphatic hydroxyl groups excluding tert-OH is 2. The van der Waals surface area contributed by atoms with Crippen molar-refractivity contribution in [2.24, 2.45) is 4.99 Å². The molecule has 2 N–H and O–H groups in total. The van der Waals surface area contributed by atoms with Crippen LogP contribution in [0.3, 0.4) is 0 Å². The summed E-state index contributed by atoms with van der Waals surface area (Å²) in [5.74, 6) is 0. The van der Waals surface area contributed by atoms with Crippen LogP contribution in [0.1, 0.15) is 22.3 Å². The Morgan fingerprint density at radius 2 is 1.80 bits per heavy atom. The Labute approximate surface area is 94.9 Å². The van der Waals surface area contributed by atoms with Crippen molar-refractivity contribution in [3.8, 4) is 0 Å². The molecule has 0 fully saturated rings. The van der Waals surface area contributed by atoms with E-state index in [9.17, 15) is 0 Å². The van der Waals surface area contributed by atoms with Gasteiger partial charge in [0.05, 0.1) is 13.2 Å². The summed E-state index contributed by atoms with van der Waals surface area (Å²) in [6.07, 6.45) is 2.75. The van der Waals surface area contributed by atoms with Gasteiger partial charge in [-0.05, 0) is 34.7 Å². The summed E-state index contributed by atoms with van der Waals surface area (Å²) < 4.78 is 0. The number of aliphatic imine (C=N–C) groups is 1. The standard InChI is InChI=1S/C11H13NO2.ClH/c13-6-10-3-8-1-2-12-5-9(8)4-11(10)7-14;/h3-5,13-14H,1-2,6-7H2;1H. The summed E-state index contributed by atoms with van der Waals surface area (Å²) >= 11 is 0. The first-order valence-corrected chi connectivity index (χ1v) is 4.71. The summed E-state index contributed by atoms with van der Waals surface area (Å²) in [7, 11) is 0. The Balaban J connectivity index is 0.00000112. The van der Waals surface area contributed by atoms with E-state index in [-0.39, 0.29) is 25.6 Å². The first-order chi connectivity index (χ1) is 6.85. The van der Waals surface area contributed by atoms with Crippen LogP contribution >= 0.6 is 12.4 Å². The largest absolute Gasteiger partial charge is 0.392 e. The third-order valence-corrected chi connectivity index (χ3v) is 2.54. The number of nitrogens with zero attached hydrogens (tertiary/aromatic N) is 1. The maximum Gasteiger partial charge on any atom is 0.0685 e. The molecule has 0 aromatic heterocycles. The Bertz CT molecular complexity index is 377. The van der Waals surface area contributed by atoms with Crippen LogP contribution in [-0.2, 0) is 19.6 Å². The smallest absolute Gasteiger partial charge is 0.0685 e. The van der Waals surface area contributed by atoms with E-state index in [1.807, 2.05) is 18.3 Å². The summed E-state index contributed by atoms with van der Waals surface area (Å²) in [4.78, 5) is 4.18. The SMILES string of the molecule is Cl.OCc1cc2c(cc1CO)CCN=C2. The predicted octanol–water partition coefficient (Wildman–Crippen LogP) is 1.07. The van der Waals surface area contributed by atoms with Crippen LogP contribution < -0.4 is 0 Å². The Morgan fingerprint density at radius 1 is 1.13 bits per heavy atom. The predicted molar refractivity (Wildman–Crippen MR) is 61.7 cm³/mol. The average Bonchev–Trinajstić information content (AvgIpc) is 2.27. The highest BCUT2D eigenvalue weighted by molar-refractivity contribution is 5.85. The molecule has 0 radical (unpaired) electrons. The second-order valence-corrected chi connectivity index (χ2v) is 3.42. The second kappa shape index (κ2) is 5.26. The molecule has 3 nitrogen and oxygen atoms in total. The first kappa shape index (κ1) is 12.2. The minimum atomic E-state index is -0.0307. The van der Waals surface area contributed by atoms with Gasteiger partial charge < -0.3 is 10.2 Å². The van der Waals surface area contributed by atoms with Gasteiger partial charge in [-0.2, -0.15) is 0 Å². The molecule has 1 aliphatic heterocycles. The van der Waals surface area contributed by atoms with Gasteiger partial charge >= 0.3 is 0 Å². The van der Waals surface area contributed by atoms with E-state index in [4.69, 9.17) is 10.2 Å². The Morgan fingerprint density at radius 3 is 2.47 bits per heavy atom. The molecule has 2 rings (SSSR count). The summed E-state index contributed by atoms with van der Waals surface area (Å²) in [5, 5.41) is 18.2. The van der Waals surface area contributed by atoms with E-state index in [1.54, 1.807) is 0 Å². The highest BCUT2D eigenvalue weighted by Gasteiger charge is 2.09. The number of rotatable bonds is 2. The molecule has 0 saturated carbocycles. The van der Waals surface area contributed by atoms with Crippen LogP contribution in [0.15, 0.2) is 17.1 Å². The first-order valence-electron chi connectivity index (χ1n) is 4.71. The van der Waals surface area contributed by atoms with Gasteiger partial charge in [0.25, 0.3) is 0 Å². The fraction of sp³-hybridized carbons (Fsp3) is 0.364. The van der Waals surface area contributed by atoms with E-state index in [0.29, 0.717) is 0 Å². The highest BCUT2D eigenvalue weighted by Crippen LogP contribution is 2.19. The van der Waals surface area contributed by atoms with E-state index in [1.165, 1.54) is 5.56 Å². The van der Waals surface area contributed by atoms with Gasteiger partial charge in [-0.15, -0.1) is 12.4 Å². The molecule has 0 spiro atoms. The molecule has 0 atom stereocenters. The molecule has 0 aliphatic carbocycles. The van der Waals surface area contributed by atoms with Crippen molar-refractivity contribution >= 4 is 18.6 Å². The van der Waals surface area contributed by atoms with Crippen LogP contribution in [-0.4, -0.2) is 23.0 Å². The zero-order valence-electron chi connectivity index (χ0n) is 8.31. The Kier molecular flexibility index (Phi) is 4.27. The van der Waals surface area contributed by atoms with Gasteiger partial charge in [0, 0.05) is 12.8 Å². The van der Waals surface area contributed by atoms with Crippen molar-refractivity contribution < 1.29 is 10.2 Å². The number of hydrogen-bond donors (Lipinski definition) is 2. The molecule has 0 bridgehead atoms. The molecule has 1 aliphatic rings. The molecular weight excluding hydrogens is 214 g/mol. The quantitative estimate of drug-likeness (QED) is 0.794. The summed E-state index contributed by atoms with van der Waals surface area (Å²) in [5.41, 5.74) is 3.89. The zero-order chi connectivity index (χ0) is 9.97. The summed E-state index contributed by atoms with van der Waals surface area (Å²) in [6, 6.07) is 3.87. The monoisotopic (exact) mass is 227 g/mol. The maximum absolute atomic E-state index is 9.11. The number of halogens is 1. The molecule has 1 aromatic rings. The van der Waals surface area contributed by atoms with Crippen molar-refractivity contribution in [1.82, 2.24) is 0 Å². The molecule has 0 saturated heterocycles. The van der Waals surface area contributed by atoms with Gasteiger partial charge in [-0.25, -0.2) is 0 Å². The van der Waals surface area contributed by atoms with E-state index < -0.39 is 0 Å². The number of aliphatic hydroxyl groups is 2. The molecule has 1 heterocycles. The maximum atomic E-state index is 9.11. The van der Waals surface area contributed by atoms with Gasteiger partial charge in [0.15, 0.2) is 0 Å². The van der Waals surface area contributed by atoms with Gasteiger partial charge in [-0.3, -0.25) is 4.99 Å². The van der Waals surface area contributed by atoms with E-state index in [0.717, 1.165) is 29.7 Å². The van der Waals surface area contributed by atoms with Gasteiger partial charge in [-0.1, -0.05) is 6.07 Å². The Hall–Kier alpha value is -0.900. The van der Waals surface area contributed by atoms with E-state index in [2.05, 4.69) is 4.99 Å². The number of hydrogen-bond acceptors (Lipinski definition) is 3. The molecule has 0 unspecified atom stereocenters. The van der Waals surface area contributed by atoms with Crippen molar-refractivity contribution in [1.29, 1.82) is 0 Å². The lowest BCUT2D eigenvalue weighted by molar-refractivity contribution is 0.260. The zero-order valence-corrected chi connectivity index (χ0v) is 9.13. The van der Waals surface area contributed by atoms with E-state index >= 15 is 0 Å². The minimum absolute atomic E-state index is 0. The molecular formula is C11H14ClNO2. The molecule has 4 heteroatoms. The third kappa shape index (κ3) is 2.37. The van der Waals surface area contributed by atoms with Crippen molar-refractivity contribution in [2.75, 3.05) is 6.54 Å². The lowest BCUT2D eigenvalue weighted by Crippen LogP contribution is -2.06. The number of fused-ring (bicyclic) bond motifs is 1. The third-order valence-electron chi connectivity index (χ3n) is 2.54.